The van der Waals surface area contributed by atoms with Crippen LogP contribution in [0, 0.1) is 0 Å². The monoisotopic (exact) mass is 350 g/mol. The highest BCUT2D eigenvalue weighted by atomic mass is 35.5. The standard InChI is InChI=1S/C18H19ClO5/c1-18(17(21)22,24-15-8-6-14(20)7-9-15)10-11-23-12-13-4-2-3-5-16(13)19/h2-9,20H,10-12H2,1H3,(H,21,22). The summed E-state index contributed by atoms with van der Waals surface area (Å²) in [5.41, 5.74) is -0.590. The molecular weight excluding hydrogens is 332 g/mol. The van der Waals surface area contributed by atoms with Crippen molar-refractivity contribution in [2.24, 2.45) is 0 Å². The predicted molar refractivity (Wildman–Crippen MR) is 90.5 cm³/mol. The van der Waals surface area contributed by atoms with Crippen LogP contribution in [0.25, 0.3) is 0 Å². The average Bonchev–Trinajstić information content (AvgIpc) is 2.55. The zero-order valence-corrected chi connectivity index (χ0v) is 14.0. The molecule has 2 rings (SSSR count). The fourth-order valence-corrected chi connectivity index (χ4v) is 2.23. The molecule has 0 saturated carbocycles. The summed E-state index contributed by atoms with van der Waals surface area (Å²) in [6.45, 7) is 1.99. The Hall–Kier alpha value is -2.24. The van der Waals surface area contributed by atoms with E-state index in [1.165, 1.54) is 31.2 Å². The van der Waals surface area contributed by atoms with Crippen LogP contribution in [0.1, 0.15) is 18.9 Å². The zero-order chi connectivity index (χ0) is 17.6. The maximum absolute atomic E-state index is 11.6. The lowest BCUT2D eigenvalue weighted by atomic mass is 10.0. The summed E-state index contributed by atoms with van der Waals surface area (Å²) in [6, 6.07) is 13.2. The first-order valence-electron chi connectivity index (χ1n) is 7.43. The molecule has 0 fully saturated rings. The highest BCUT2D eigenvalue weighted by molar-refractivity contribution is 6.31. The predicted octanol–water partition coefficient (Wildman–Crippen LogP) is 3.87. The number of phenols is 1. The summed E-state index contributed by atoms with van der Waals surface area (Å²) in [5, 5.41) is 19.3. The van der Waals surface area contributed by atoms with E-state index in [1.807, 2.05) is 18.2 Å². The van der Waals surface area contributed by atoms with E-state index in [0.717, 1.165) is 5.56 Å². The van der Waals surface area contributed by atoms with Crippen molar-refractivity contribution in [3.8, 4) is 11.5 Å². The number of benzene rings is 2. The summed E-state index contributed by atoms with van der Waals surface area (Å²) in [5.74, 6) is -0.636. The summed E-state index contributed by atoms with van der Waals surface area (Å²) in [6.07, 6.45) is 0.160. The number of hydrogen-bond acceptors (Lipinski definition) is 4. The van der Waals surface area contributed by atoms with Crippen molar-refractivity contribution >= 4 is 17.6 Å². The molecule has 2 N–H and O–H groups in total. The molecule has 0 aliphatic carbocycles. The molecule has 24 heavy (non-hydrogen) atoms. The molecule has 2 aromatic rings. The van der Waals surface area contributed by atoms with Crippen LogP contribution in [0.15, 0.2) is 48.5 Å². The smallest absolute Gasteiger partial charge is 0.347 e. The second-order valence-corrected chi connectivity index (χ2v) is 5.93. The molecule has 6 heteroatoms. The van der Waals surface area contributed by atoms with Crippen molar-refractivity contribution in [1.82, 2.24) is 0 Å². The second-order valence-electron chi connectivity index (χ2n) is 5.53. The molecule has 2 aromatic carbocycles. The molecule has 0 spiro atoms. The number of aromatic hydroxyl groups is 1. The lowest BCUT2D eigenvalue weighted by molar-refractivity contribution is -0.155. The number of carboxylic acid groups (broad SMARTS) is 1. The number of hydrogen-bond donors (Lipinski definition) is 2. The van der Waals surface area contributed by atoms with E-state index >= 15 is 0 Å². The van der Waals surface area contributed by atoms with E-state index in [2.05, 4.69) is 0 Å². The minimum atomic E-state index is -1.43. The van der Waals surface area contributed by atoms with Gasteiger partial charge in [0, 0.05) is 11.4 Å². The van der Waals surface area contributed by atoms with Gasteiger partial charge in [0.2, 0.25) is 5.60 Å². The molecule has 0 heterocycles. The molecule has 128 valence electrons. The van der Waals surface area contributed by atoms with Gasteiger partial charge in [0.05, 0.1) is 13.2 Å². The minimum Gasteiger partial charge on any atom is -0.508 e. The maximum atomic E-state index is 11.6. The van der Waals surface area contributed by atoms with Crippen molar-refractivity contribution < 1.29 is 24.5 Å². The van der Waals surface area contributed by atoms with Gasteiger partial charge in [-0.15, -0.1) is 0 Å². The van der Waals surface area contributed by atoms with Crippen LogP contribution in [-0.2, 0) is 16.1 Å². The Kier molecular flexibility index (Phi) is 6.06. The van der Waals surface area contributed by atoms with E-state index in [9.17, 15) is 15.0 Å². The van der Waals surface area contributed by atoms with E-state index in [-0.39, 0.29) is 18.8 Å². The molecule has 0 saturated heterocycles. The Morgan fingerprint density at radius 1 is 1.17 bits per heavy atom. The van der Waals surface area contributed by atoms with Crippen molar-refractivity contribution in [3.63, 3.8) is 0 Å². The van der Waals surface area contributed by atoms with E-state index in [1.54, 1.807) is 6.07 Å². The Morgan fingerprint density at radius 2 is 1.83 bits per heavy atom. The maximum Gasteiger partial charge on any atom is 0.347 e. The molecule has 0 amide bonds. The van der Waals surface area contributed by atoms with Gasteiger partial charge in [-0.1, -0.05) is 29.8 Å². The van der Waals surface area contributed by atoms with E-state index in [0.29, 0.717) is 17.4 Å². The minimum absolute atomic E-state index is 0.0856. The first-order chi connectivity index (χ1) is 11.4. The fourth-order valence-electron chi connectivity index (χ4n) is 2.04. The SMILES string of the molecule is CC(CCOCc1ccccc1Cl)(Oc1ccc(O)cc1)C(=O)O. The quantitative estimate of drug-likeness (QED) is 0.707. The summed E-state index contributed by atoms with van der Waals surface area (Å²) >= 11 is 6.04. The highest BCUT2D eigenvalue weighted by Gasteiger charge is 2.35. The molecule has 0 aromatic heterocycles. The molecule has 5 nitrogen and oxygen atoms in total. The van der Waals surface area contributed by atoms with Gasteiger partial charge in [0.15, 0.2) is 0 Å². The van der Waals surface area contributed by atoms with Gasteiger partial charge in [-0.3, -0.25) is 0 Å². The average molecular weight is 351 g/mol. The number of carboxylic acids is 1. The molecular formula is C18H19ClO5. The number of halogens is 1. The van der Waals surface area contributed by atoms with Crippen LogP contribution in [0.3, 0.4) is 0 Å². The van der Waals surface area contributed by atoms with Crippen LogP contribution in [0.5, 0.6) is 11.5 Å². The fraction of sp³-hybridized carbons (Fsp3) is 0.278. The van der Waals surface area contributed by atoms with Crippen molar-refractivity contribution in [3.05, 3.63) is 59.1 Å². The number of phenolic OH excluding ortho intramolecular Hbond substituents is 1. The largest absolute Gasteiger partial charge is 0.508 e. The Bertz CT molecular complexity index is 686. The Labute approximate surface area is 145 Å². The van der Waals surface area contributed by atoms with Crippen LogP contribution < -0.4 is 4.74 Å². The number of rotatable bonds is 8. The third kappa shape index (κ3) is 4.88. The Morgan fingerprint density at radius 3 is 2.46 bits per heavy atom. The van der Waals surface area contributed by atoms with Crippen molar-refractivity contribution in [2.45, 2.75) is 25.6 Å². The molecule has 0 aliphatic heterocycles. The lowest BCUT2D eigenvalue weighted by Gasteiger charge is -2.26. The second kappa shape index (κ2) is 8.04. The van der Waals surface area contributed by atoms with Gasteiger partial charge in [-0.2, -0.15) is 0 Å². The Balaban J connectivity index is 1.91. The van der Waals surface area contributed by atoms with E-state index in [4.69, 9.17) is 21.1 Å². The topological polar surface area (TPSA) is 76.0 Å². The molecule has 0 radical (unpaired) electrons. The number of aliphatic carboxylic acids is 1. The third-order valence-electron chi connectivity index (χ3n) is 3.57. The van der Waals surface area contributed by atoms with Gasteiger partial charge >= 0.3 is 5.97 Å². The highest BCUT2D eigenvalue weighted by Crippen LogP contribution is 2.24. The summed E-state index contributed by atoms with van der Waals surface area (Å²) in [4.78, 5) is 11.6. The van der Waals surface area contributed by atoms with Crippen LogP contribution in [-0.4, -0.2) is 28.4 Å². The summed E-state index contributed by atoms with van der Waals surface area (Å²) < 4.78 is 11.1. The normalized spacial score (nSPS) is 13.2. The first-order valence-corrected chi connectivity index (χ1v) is 7.81. The van der Waals surface area contributed by atoms with Crippen molar-refractivity contribution in [2.75, 3.05) is 6.61 Å². The number of carbonyl (C=O) groups is 1. The first kappa shape index (κ1) is 18.1. The summed E-state index contributed by atoms with van der Waals surface area (Å²) in [7, 11) is 0. The van der Waals surface area contributed by atoms with Gasteiger partial charge in [0.1, 0.15) is 11.5 Å². The zero-order valence-electron chi connectivity index (χ0n) is 13.2. The van der Waals surface area contributed by atoms with Crippen molar-refractivity contribution in [1.29, 1.82) is 0 Å². The van der Waals surface area contributed by atoms with Gasteiger partial charge in [-0.25, -0.2) is 4.79 Å². The molecule has 0 bridgehead atoms. The van der Waals surface area contributed by atoms with Crippen LogP contribution in [0.2, 0.25) is 5.02 Å². The van der Waals surface area contributed by atoms with Crippen LogP contribution >= 0.6 is 11.6 Å². The third-order valence-corrected chi connectivity index (χ3v) is 3.94. The molecule has 1 unspecified atom stereocenters. The molecule has 1 atom stereocenters. The van der Waals surface area contributed by atoms with Gasteiger partial charge in [-0.05, 0) is 42.8 Å². The van der Waals surface area contributed by atoms with Gasteiger partial charge in [0.25, 0.3) is 0 Å². The molecule has 0 aliphatic rings. The number of ether oxygens (including phenoxy) is 2. The van der Waals surface area contributed by atoms with Gasteiger partial charge < -0.3 is 19.7 Å². The van der Waals surface area contributed by atoms with Crippen LogP contribution in [0.4, 0.5) is 0 Å². The van der Waals surface area contributed by atoms with E-state index < -0.39 is 11.6 Å². The lowest BCUT2D eigenvalue weighted by Crippen LogP contribution is -2.42.